The number of aromatic nitrogens is 3. The second kappa shape index (κ2) is 7.19. The average molecular weight is 445 g/mol. The van der Waals surface area contributed by atoms with Crippen molar-refractivity contribution in [2.75, 3.05) is 5.32 Å². The number of carbonyl (C=O) groups excluding carboxylic acids is 1. The first kappa shape index (κ1) is 19.4. The standard InChI is InChI=1S/C29H24N4O/c1-17-10-12-18(13-11-17)19-14-24-27(26(34)15-19)28(21-16-30-22-7-3-2-6-20(21)22)33-25-9-5-4-8-23(25)31-29(33)32-24/h2-13,16,19,28,30H,14-15H2,1H3,(H,31,32)/t19-,28+/m0/s1. The Kier molecular flexibility index (Phi) is 4.09. The van der Waals surface area contributed by atoms with Gasteiger partial charge < -0.3 is 10.3 Å². The summed E-state index contributed by atoms with van der Waals surface area (Å²) in [5, 5.41) is 4.71. The molecule has 0 saturated carbocycles. The van der Waals surface area contributed by atoms with Crippen LogP contribution in [0.15, 0.2) is 90.3 Å². The zero-order chi connectivity index (χ0) is 22.8. The number of para-hydroxylation sites is 3. The van der Waals surface area contributed by atoms with Crippen LogP contribution in [0.4, 0.5) is 5.95 Å². The minimum atomic E-state index is -0.221. The SMILES string of the molecule is Cc1ccc([C@@H]2CC(=O)C3=C(C2)Nc2nc4ccccc4n2[C@@H]3c2c[nH]c3ccccc23)cc1. The molecular formula is C29H24N4O. The Balaban J connectivity index is 1.44. The van der Waals surface area contributed by atoms with Crippen molar-refractivity contribution in [2.24, 2.45) is 0 Å². The lowest BCUT2D eigenvalue weighted by molar-refractivity contribution is -0.116. The van der Waals surface area contributed by atoms with E-state index in [1.54, 1.807) is 0 Å². The number of aryl methyl sites for hydroxylation is 1. The van der Waals surface area contributed by atoms with Crippen LogP contribution in [0.3, 0.4) is 0 Å². The number of hydrogen-bond acceptors (Lipinski definition) is 3. The minimum Gasteiger partial charge on any atom is -0.361 e. The van der Waals surface area contributed by atoms with Gasteiger partial charge in [0.05, 0.1) is 17.1 Å². The highest BCUT2D eigenvalue weighted by atomic mass is 16.1. The van der Waals surface area contributed by atoms with Gasteiger partial charge in [0.25, 0.3) is 0 Å². The van der Waals surface area contributed by atoms with Crippen molar-refractivity contribution in [2.45, 2.75) is 31.7 Å². The number of benzene rings is 3. The summed E-state index contributed by atoms with van der Waals surface area (Å²) < 4.78 is 2.20. The van der Waals surface area contributed by atoms with Crippen LogP contribution < -0.4 is 5.32 Å². The van der Waals surface area contributed by atoms with Crippen LogP contribution in [-0.4, -0.2) is 20.3 Å². The summed E-state index contributed by atoms with van der Waals surface area (Å²) in [6.45, 7) is 2.09. The van der Waals surface area contributed by atoms with E-state index in [0.717, 1.165) is 51.1 Å². The van der Waals surface area contributed by atoms with Crippen molar-refractivity contribution in [3.05, 3.63) is 107 Å². The summed E-state index contributed by atoms with van der Waals surface area (Å²) in [7, 11) is 0. The first-order valence-electron chi connectivity index (χ1n) is 11.8. The van der Waals surface area contributed by atoms with Gasteiger partial charge in [-0.1, -0.05) is 60.2 Å². The molecule has 1 aliphatic heterocycles. The lowest BCUT2D eigenvalue weighted by Crippen LogP contribution is -2.33. The van der Waals surface area contributed by atoms with Crippen LogP contribution in [0, 0.1) is 6.92 Å². The molecule has 0 unspecified atom stereocenters. The van der Waals surface area contributed by atoms with Crippen molar-refractivity contribution < 1.29 is 4.79 Å². The first-order valence-corrected chi connectivity index (χ1v) is 11.8. The smallest absolute Gasteiger partial charge is 0.209 e. The number of H-pyrrole nitrogens is 1. The van der Waals surface area contributed by atoms with Gasteiger partial charge in [-0.3, -0.25) is 9.36 Å². The van der Waals surface area contributed by atoms with Crippen molar-refractivity contribution in [3.8, 4) is 0 Å². The summed E-state index contributed by atoms with van der Waals surface area (Å²) in [6, 6.07) is 24.8. The molecule has 0 bridgehead atoms. The Bertz CT molecular complexity index is 1620. The second-order valence-corrected chi connectivity index (χ2v) is 9.44. The molecule has 2 aromatic heterocycles. The number of ketones is 1. The number of fused-ring (bicyclic) bond motifs is 4. The molecule has 5 nitrogen and oxygen atoms in total. The molecule has 2 aliphatic rings. The molecule has 34 heavy (non-hydrogen) atoms. The molecule has 166 valence electrons. The number of anilines is 1. The number of nitrogens with zero attached hydrogens (tertiary/aromatic N) is 2. The van der Waals surface area contributed by atoms with Gasteiger partial charge in [-0.05, 0) is 43.0 Å². The van der Waals surface area contributed by atoms with Gasteiger partial charge in [-0.15, -0.1) is 0 Å². The number of allylic oxidation sites excluding steroid dienone is 2. The van der Waals surface area contributed by atoms with Crippen molar-refractivity contribution >= 4 is 33.7 Å². The number of nitrogens with one attached hydrogen (secondary N) is 2. The summed E-state index contributed by atoms with van der Waals surface area (Å²) in [4.78, 5) is 22.2. The van der Waals surface area contributed by atoms with E-state index in [0.29, 0.717) is 6.42 Å². The molecule has 0 amide bonds. The van der Waals surface area contributed by atoms with E-state index < -0.39 is 0 Å². The minimum absolute atomic E-state index is 0.166. The molecule has 3 aromatic carbocycles. The van der Waals surface area contributed by atoms with Gasteiger partial charge in [0.2, 0.25) is 5.95 Å². The lowest BCUT2D eigenvalue weighted by atomic mass is 9.77. The van der Waals surface area contributed by atoms with Crippen LogP contribution in [0.1, 0.15) is 41.5 Å². The molecule has 0 spiro atoms. The third-order valence-electron chi connectivity index (χ3n) is 7.36. The van der Waals surface area contributed by atoms with E-state index in [4.69, 9.17) is 4.98 Å². The maximum Gasteiger partial charge on any atom is 0.209 e. The molecule has 5 heteroatoms. The number of aromatic amines is 1. The van der Waals surface area contributed by atoms with Gasteiger partial charge in [0.15, 0.2) is 5.78 Å². The Morgan fingerprint density at radius 3 is 2.62 bits per heavy atom. The number of hydrogen-bond donors (Lipinski definition) is 2. The topological polar surface area (TPSA) is 62.7 Å². The van der Waals surface area contributed by atoms with E-state index >= 15 is 0 Å². The highest BCUT2D eigenvalue weighted by molar-refractivity contribution is 6.02. The van der Waals surface area contributed by atoms with E-state index in [2.05, 4.69) is 76.5 Å². The summed E-state index contributed by atoms with van der Waals surface area (Å²) >= 11 is 0. The van der Waals surface area contributed by atoms with E-state index in [1.165, 1.54) is 11.1 Å². The Morgan fingerprint density at radius 2 is 1.74 bits per heavy atom. The van der Waals surface area contributed by atoms with Gasteiger partial charge in [-0.25, -0.2) is 4.98 Å². The molecule has 7 rings (SSSR count). The fraction of sp³-hybridized carbons (Fsp3) is 0.172. The lowest BCUT2D eigenvalue weighted by Gasteiger charge is -2.36. The first-order chi connectivity index (χ1) is 16.7. The number of Topliss-reactive ketones (excluding diaryl/α,β-unsaturated/α-hetero) is 1. The summed E-state index contributed by atoms with van der Waals surface area (Å²) in [5.41, 5.74) is 8.45. The van der Waals surface area contributed by atoms with Crippen LogP contribution in [0.25, 0.3) is 21.9 Å². The average Bonchev–Trinajstić information content (AvgIpc) is 3.44. The quantitative estimate of drug-likeness (QED) is 0.339. The van der Waals surface area contributed by atoms with Gasteiger partial charge in [-0.2, -0.15) is 0 Å². The Hall–Kier alpha value is -4.12. The zero-order valence-corrected chi connectivity index (χ0v) is 18.9. The molecule has 5 aromatic rings. The van der Waals surface area contributed by atoms with E-state index in [-0.39, 0.29) is 17.7 Å². The van der Waals surface area contributed by atoms with Crippen LogP contribution >= 0.6 is 0 Å². The molecule has 2 N–H and O–H groups in total. The maximum absolute atomic E-state index is 13.8. The number of carbonyl (C=O) groups is 1. The largest absolute Gasteiger partial charge is 0.361 e. The number of rotatable bonds is 2. The summed E-state index contributed by atoms with van der Waals surface area (Å²) in [6.07, 6.45) is 3.37. The highest BCUT2D eigenvalue weighted by Gasteiger charge is 2.40. The molecule has 0 saturated heterocycles. The zero-order valence-electron chi connectivity index (χ0n) is 18.9. The summed E-state index contributed by atoms with van der Waals surface area (Å²) in [5.74, 6) is 1.17. The van der Waals surface area contributed by atoms with Crippen LogP contribution in [-0.2, 0) is 4.79 Å². The Morgan fingerprint density at radius 1 is 0.941 bits per heavy atom. The number of imidazole rings is 1. The normalized spacial score (nSPS) is 19.9. The van der Waals surface area contributed by atoms with Crippen LogP contribution in [0.5, 0.6) is 0 Å². The molecule has 2 atom stereocenters. The highest BCUT2D eigenvalue weighted by Crippen LogP contribution is 2.47. The van der Waals surface area contributed by atoms with Crippen molar-refractivity contribution in [1.29, 1.82) is 0 Å². The third kappa shape index (κ3) is 2.80. The van der Waals surface area contributed by atoms with Crippen LogP contribution in [0.2, 0.25) is 0 Å². The third-order valence-corrected chi connectivity index (χ3v) is 7.36. The fourth-order valence-corrected chi connectivity index (χ4v) is 5.71. The van der Waals surface area contributed by atoms with Gasteiger partial charge >= 0.3 is 0 Å². The van der Waals surface area contributed by atoms with Gasteiger partial charge in [0.1, 0.15) is 0 Å². The van der Waals surface area contributed by atoms with Crippen molar-refractivity contribution in [3.63, 3.8) is 0 Å². The molecule has 1 aliphatic carbocycles. The molecule has 0 radical (unpaired) electrons. The molecule has 3 heterocycles. The van der Waals surface area contributed by atoms with Crippen molar-refractivity contribution in [1.82, 2.24) is 14.5 Å². The predicted octanol–water partition coefficient (Wildman–Crippen LogP) is 6.24. The Labute approximate surface area is 197 Å². The second-order valence-electron chi connectivity index (χ2n) is 9.44. The molecule has 0 fully saturated rings. The van der Waals surface area contributed by atoms with E-state index in [9.17, 15) is 4.79 Å². The monoisotopic (exact) mass is 444 g/mol. The molecular weight excluding hydrogens is 420 g/mol. The fourth-order valence-electron chi connectivity index (χ4n) is 5.71. The van der Waals surface area contributed by atoms with Gasteiger partial charge in [0, 0.05) is 40.4 Å². The maximum atomic E-state index is 13.8. The predicted molar refractivity (Wildman–Crippen MR) is 135 cm³/mol. The van der Waals surface area contributed by atoms with E-state index in [1.807, 2.05) is 24.3 Å².